The molecule has 0 radical (unpaired) electrons. The van der Waals surface area contributed by atoms with E-state index in [1.54, 1.807) is 0 Å². The smallest absolute Gasteiger partial charge is 0.0243 e. The summed E-state index contributed by atoms with van der Waals surface area (Å²) in [7, 11) is 0. The molecular weight excluding hydrogens is 206 g/mol. The third kappa shape index (κ3) is 2.78. The molecule has 17 heavy (non-hydrogen) atoms. The van der Waals surface area contributed by atoms with Gasteiger partial charge in [0.05, 0.1) is 0 Å². The highest BCUT2D eigenvalue weighted by Crippen LogP contribution is 2.32. The van der Waals surface area contributed by atoms with Crippen molar-refractivity contribution in [3.8, 4) is 12.3 Å². The number of hydrogen-bond donors (Lipinski definition) is 1. The molecule has 2 N–H and O–H groups in total. The number of benzene rings is 1. The van der Waals surface area contributed by atoms with E-state index in [9.17, 15) is 0 Å². The lowest BCUT2D eigenvalue weighted by Gasteiger charge is -2.26. The van der Waals surface area contributed by atoms with Crippen LogP contribution in [0.25, 0.3) is 5.57 Å². The van der Waals surface area contributed by atoms with Gasteiger partial charge in [0.15, 0.2) is 0 Å². The first-order valence-corrected chi connectivity index (χ1v) is 6.22. The Bertz CT molecular complexity index is 428. The average molecular weight is 225 g/mol. The molecule has 88 valence electrons. The third-order valence-corrected chi connectivity index (χ3v) is 3.68. The van der Waals surface area contributed by atoms with E-state index >= 15 is 0 Å². The normalized spacial score (nSPS) is 24.0. The summed E-state index contributed by atoms with van der Waals surface area (Å²) in [6.07, 6.45) is 10.0. The van der Waals surface area contributed by atoms with Crippen LogP contribution in [0.5, 0.6) is 0 Å². The standard InChI is InChI=1S/C16H19N/c1-3-12(2)13-4-6-14(7-5-13)15-8-10-16(17)11-9-15/h1,4-7,15-16H,2,8-11,17H2. The summed E-state index contributed by atoms with van der Waals surface area (Å²) in [6.45, 7) is 3.84. The Morgan fingerprint density at radius 3 is 2.29 bits per heavy atom. The first kappa shape index (κ1) is 12.0. The zero-order valence-electron chi connectivity index (χ0n) is 10.2. The zero-order valence-corrected chi connectivity index (χ0v) is 10.2. The molecule has 1 aliphatic carbocycles. The van der Waals surface area contributed by atoms with E-state index in [-0.39, 0.29) is 0 Å². The van der Waals surface area contributed by atoms with E-state index in [1.807, 2.05) is 0 Å². The summed E-state index contributed by atoms with van der Waals surface area (Å²) in [4.78, 5) is 0. The van der Waals surface area contributed by atoms with Crippen molar-refractivity contribution in [1.82, 2.24) is 0 Å². The highest BCUT2D eigenvalue weighted by molar-refractivity contribution is 5.76. The van der Waals surface area contributed by atoms with Gasteiger partial charge in [0.2, 0.25) is 0 Å². The van der Waals surface area contributed by atoms with Gasteiger partial charge in [-0.3, -0.25) is 0 Å². The molecule has 0 saturated heterocycles. The molecule has 0 bridgehead atoms. The van der Waals surface area contributed by atoms with Gasteiger partial charge in [-0.05, 0) is 42.7 Å². The minimum Gasteiger partial charge on any atom is -0.328 e. The molecule has 0 unspecified atom stereocenters. The van der Waals surface area contributed by atoms with E-state index in [0.29, 0.717) is 12.0 Å². The van der Waals surface area contributed by atoms with Crippen LogP contribution in [0.1, 0.15) is 42.7 Å². The molecule has 1 nitrogen and oxygen atoms in total. The number of terminal acetylenes is 1. The second-order valence-corrected chi connectivity index (χ2v) is 4.86. The lowest BCUT2D eigenvalue weighted by atomic mass is 9.82. The van der Waals surface area contributed by atoms with Crippen LogP contribution >= 0.6 is 0 Å². The van der Waals surface area contributed by atoms with Gasteiger partial charge in [-0.15, -0.1) is 6.42 Å². The molecule has 1 saturated carbocycles. The summed E-state index contributed by atoms with van der Waals surface area (Å²) in [6, 6.07) is 8.92. The van der Waals surface area contributed by atoms with Crippen molar-refractivity contribution in [3.05, 3.63) is 42.0 Å². The van der Waals surface area contributed by atoms with Crippen molar-refractivity contribution in [2.45, 2.75) is 37.6 Å². The largest absolute Gasteiger partial charge is 0.328 e. The van der Waals surface area contributed by atoms with E-state index in [4.69, 9.17) is 12.2 Å². The lowest BCUT2D eigenvalue weighted by Crippen LogP contribution is -2.25. The Kier molecular flexibility index (Phi) is 3.66. The molecular formula is C16H19N. The molecule has 0 spiro atoms. The van der Waals surface area contributed by atoms with E-state index in [1.165, 1.54) is 18.4 Å². The molecule has 1 heteroatoms. The van der Waals surface area contributed by atoms with Crippen LogP contribution in [-0.2, 0) is 0 Å². The molecule has 0 atom stereocenters. The fourth-order valence-corrected chi connectivity index (χ4v) is 2.49. The summed E-state index contributed by atoms with van der Waals surface area (Å²) in [5, 5.41) is 0. The number of hydrogen-bond acceptors (Lipinski definition) is 1. The van der Waals surface area contributed by atoms with E-state index in [2.05, 4.69) is 36.8 Å². The SMILES string of the molecule is C#CC(=C)c1ccc(C2CCC(N)CC2)cc1. The second-order valence-electron chi connectivity index (χ2n) is 4.86. The van der Waals surface area contributed by atoms with Gasteiger partial charge in [-0.25, -0.2) is 0 Å². The number of allylic oxidation sites excluding steroid dienone is 1. The predicted octanol–water partition coefficient (Wildman–Crippen LogP) is 3.32. The minimum atomic E-state index is 0.409. The first-order chi connectivity index (χ1) is 8.20. The Labute approximate surface area is 104 Å². The summed E-state index contributed by atoms with van der Waals surface area (Å²) in [5.74, 6) is 3.24. The van der Waals surface area contributed by atoms with Gasteiger partial charge in [0.1, 0.15) is 0 Å². The second kappa shape index (κ2) is 5.21. The van der Waals surface area contributed by atoms with Crippen molar-refractivity contribution in [3.63, 3.8) is 0 Å². The molecule has 1 aromatic carbocycles. The van der Waals surface area contributed by atoms with Crippen LogP contribution in [0.3, 0.4) is 0 Å². The van der Waals surface area contributed by atoms with Crippen LogP contribution in [0, 0.1) is 12.3 Å². The van der Waals surface area contributed by atoms with Crippen LogP contribution in [-0.4, -0.2) is 6.04 Å². The van der Waals surface area contributed by atoms with Crippen molar-refractivity contribution in [2.24, 2.45) is 5.73 Å². The Morgan fingerprint density at radius 2 is 1.76 bits per heavy atom. The van der Waals surface area contributed by atoms with Crippen LogP contribution in [0.15, 0.2) is 30.8 Å². The fourth-order valence-electron chi connectivity index (χ4n) is 2.49. The Balaban J connectivity index is 2.08. The quantitative estimate of drug-likeness (QED) is 0.768. The number of nitrogens with two attached hydrogens (primary N) is 1. The van der Waals surface area contributed by atoms with E-state index < -0.39 is 0 Å². The van der Waals surface area contributed by atoms with Gasteiger partial charge in [-0.1, -0.05) is 36.8 Å². The Hall–Kier alpha value is -1.52. The van der Waals surface area contributed by atoms with Crippen molar-refractivity contribution in [2.75, 3.05) is 0 Å². The summed E-state index contributed by atoms with van der Waals surface area (Å²) < 4.78 is 0. The topological polar surface area (TPSA) is 26.0 Å². The molecule has 0 aliphatic heterocycles. The fraction of sp³-hybridized carbons (Fsp3) is 0.375. The van der Waals surface area contributed by atoms with Crippen molar-refractivity contribution >= 4 is 5.57 Å². The molecule has 1 aliphatic rings. The van der Waals surface area contributed by atoms with Crippen LogP contribution in [0.2, 0.25) is 0 Å². The third-order valence-electron chi connectivity index (χ3n) is 3.68. The molecule has 1 aromatic rings. The minimum absolute atomic E-state index is 0.409. The summed E-state index contributed by atoms with van der Waals surface area (Å²) in [5.41, 5.74) is 9.13. The molecule has 0 amide bonds. The van der Waals surface area contributed by atoms with Gasteiger partial charge >= 0.3 is 0 Å². The van der Waals surface area contributed by atoms with Crippen LogP contribution in [0.4, 0.5) is 0 Å². The highest BCUT2D eigenvalue weighted by Gasteiger charge is 2.19. The molecule has 2 rings (SSSR count). The van der Waals surface area contributed by atoms with E-state index in [0.717, 1.165) is 24.0 Å². The zero-order chi connectivity index (χ0) is 12.3. The maximum absolute atomic E-state index is 5.92. The summed E-state index contributed by atoms with van der Waals surface area (Å²) >= 11 is 0. The molecule has 0 heterocycles. The van der Waals surface area contributed by atoms with Gasteiger partial charge in [0.25, 0.3) is 0 Å². The highest BCUT2D eigenvalue weighted by atomic mass is 14.6. The predicted molar refractivity (Wildman–Crippen MR) is 73.5 cm³/mol. The monoisotopic (exact) mass is 225 g/mol. The Morgan fingerprint density at radius 1 is 1.18 bits per heavy atom. The molecule has 0 aromatic heterocycles. The number of rotatable bonds is 2. The maximum atomic E-state index is 5.92. The first-order valence-electron chi connectivity index (χ1n) is 6.22. The van der Waals surface area contributed by atoms with Crippen LogP contribution < -0.4 is 5.73 Å². The lowest BCUT2D eigenvalue weighted by molar-refractivity contribution is 0.395. The van der Waals surface area contributed by atoms with Gasteiger partial charge in [-0.2, -0.15) is 0 Å². The maximum Gasteiger partial charge on any atom is 0.0243 e. The van der Waals surface area contributed by atoms with Crippen molar-refractivity contribution in [1.29, 1.82) is 0 Å². The van der Waals surface area contributed by atoms with Crippen molar-refractivity contribution < 1.29 is 0 Å². The average Bonchev–Trinajstić information content (AvgIpc) is 2.39. The molecule has 1 fully saturated rings. The van der Waals surface area contributed by atoms with Gasteiger partial charge in [0, 0.05) is 11.6 Å². The van der Waals surface area contributed by atoms with Gasteiger partial charge < -0.3 is 5.73 Å².